The Morgan fingerprint density at radius 1 is 1.11 bits per heavy atom. The summed E-state index contributed by atoms with van der Waals surface area (Å²) in [4.78, 5) is 4.96. The molecule has 0 radical (unpaired) electrons. The normalized spacial score (nSPS) is 30.7. The zero-order valence-electron chi connectivity index (χ0n) is 17.3. The van der Waals surface area contributed by atoms with E-state index in [1.807, 2.05) is 0 Å². The molecule has 0 bridgehead atoms. The quantitative estimate of drug-likeness (QED) is 0.694. The van der Waals surface area contributed by atoms with Crippen LogP contribution in [-0.4, -0.2) is 73.6 Å². The Labute approximate surface area is 169 Å². The minimum atomic E-state index is -0.0483. The van der Waals surface area contributed by atoms with Crippen molar-refractivity contribution in [2.75, 3.05) is 46.5 Å². The van der Waals surface area contributed by atoms with Crippen molar-refractivity contribution in [1.82, 2.24) is 9.80 Å². The summed E-state index contributed by atoms with van der Waals surface area (Å²) < 4.78 is 11.6. The van der Waals surface area contributed by atoms with E-state index in [1.54, 1.807) is 0 Å². The summed E-state index contributed by atoms with van der Waals surface area (Å²) >= 11 is 0. The molecule has 28 heavy (non-hydrogen) atoms. The van der Waals surface area contributed by atoms with Crippen molar-refractivity contribution in [2.45, 2.75) is 50.8 Å². The molecule has 2 unspecified atom stereocenters. The second-order valence-electron chi connectivity index (χ2n) is 8.95. The molecular formula is C23H36N2O3. The second-order valence-corrected chi connectivity index (χ2v) is 8.95. The van der Waals surface area contributed by atoms with E-state index >= 15 is 0 Å². The maximum absolute atomic E-state index is 9.88. The molecule has 5 heteroatoms. The summed E-state index contributed by atoms with van der Waals surface area (Å²) in [5, 5.41) is 9.88. The van der Waals surface area contributed by atoms with Crippen molar-refractivity contribution in [2.24, 2.45) is 11.8 Å². The first-order valence-electron chi connectivity index (χ1n) is 11.1. The molecule has 3 aliphatic rings. The first-order valence-corrected chi connectivity index (χ1v) is 11.1. The number of fused-ring (bicyclic) bond motifs is 1. The largest absolute Gasteiger partial charge is 0.493 e. The molecule has 0 aromatic heterocycles. The van der Waals surface area contributed by atoms with Crippen LogP contribution in [-0.2, 0) is 11.3 Å². The third kappa shape index (κ3) is 5.07. The zero-order chi connectivity index (χ0) is 19.3. The molecule has 1 saturated heterocycles. The van der Waals surface area contributed by atoms with Gasteiger partial charge in [-0.05, 0) is 57.1 Å². The lowest BCUT2D eigenvalue weighted by Crippen LogP contribution is -2.37. The van der Waals surface area contributed by atoms with Gasteiger partial charge in [0.15, 0.2) is 0 Å². The number of morpholine rings is 1. The number of benzene rings is 1. The van der Waals surface area contributed by atoms with Crippen molar-refractivity contribution >= 4 is 0 Å². The molecule has 2 saturated carbocycles. The summed E-state index contributed by atoms with van der Waals surface area (Å²) in [6.07, 6.45) is 5.50. The summed E-state index contributed by atoms with van der Waals surface area (Å²) in [7, 11) is 2.25. The van der Waals surface area contributed by atoms with Crippen molar-refractivity contribution in [3.05, 3.63) is 29.8 Å². The highest BCUT2D eigenvalue weighted by Gasteiger charge is 2.42. The lowest BCUT2D eigenvalue weighted by molar-refractivity contribution is 0.0357. The maximum atomic E-state index is 9.88. The van der Waals surface area contributed by atoms with Crippen LogP contribution < -0.4 is 4.74 Å². The zero-order valence-corrected chi connectivity index (χ0v) is 17.3. The smallest absolute Gasteiger partial charge is 0.123 e. The Bertz CT molecular complexity index is 606. The number of aliphatic hydroxyl groups excluding tert-OH is 1. The summed E-state index contributed by atoms with van der Waals surface area (Å²) in [5.74, 6) is 2.49. The van der Waals surface area contributed by atoms with Crippen molar-refractivity contribution in [3.8, 4) is 5.75 Å². The maximum Gasteiger partial charge on any atom is 0.123 e. The molecule has 4 rings (SSSR count). The van der Waals surface area contributed by atoms with Crippen molar-refractivity contribution < 1.29 is 14.6 Å². The van der Waals surface area contributed by atoms with Gasteiger partial charge < -0.3 is 14.6 Å². The fraction of sp³-hybridized carbons (Fsp3) is 0.739. The van der Waals surface area contributed by atoms with E-state index in [1.165, 1.54) is 18.4 Å². The van der Waals surface area contributed by atoms with Crippen molar-refractivity contribution in [3.63, 3.8) is 0 Å². The fourth-order valence-electron chi connectivity index (χ4n) is 5.38. The molecule has 1 aromatic rings. The van der Waals surface area contributed by atoms with Crippen molar-refractivity contribution in [1.29, 1.82) is 0 Å². The highest BCUT2D eigenvalue weighted by molar-refractivity contribution is 5.33. The summed E-state index contributed by atoms with van der Waals surface area (Å²) in [6, 6.07) is 9.13. The van der Waals surface area contributed by atoms with Gasteiger partial charge >= 0.3 is 0 Å². The number of hydrogen-bond donors (Lipinski definition) is 1. The molecular weight excluding hydrogens is 352 g/mol. The Kier molecular flexibility index (Phi) is 6.89. The van der Waals surface area contributed by atoms with Gasteiger partial charge in [0, 0.05) is 37.8 Å². The molecule has 0 spiro atoms. The van der Waals surface area contributed by atoms with Crippen LogP contribution >= 0.6 is 0 Å². The SMILES string of the molecule is CN(Cc1ccccc1OCCCN1CCOCC1)C1C[C@H]2CC(O)C[C@H]2C1. The Hall–Kier alpha value is -1.14. The van der Waals surface area contributed by atoms with Crippen LogP contribution in [0.4, 0.5) is 0 Å². The van der Waals surface area contributed by atoms with Gasteiger partial charge in [0.25, 0.3) is 0 Å². The van der Waals surface area contributed by atoms with Crippen LogP contribution in [0.1, 0.15) is 37.7 Å². The second kappa shape index (κ2) is 9.57. The minimum Gasteiger partial charge on any atom is -0.493 e. The number of nitrogens with zero attached hydrogens (tertiary/aromatic N) is 2. The third-order valence-corrected chi connectivity index (χ3v) is 6.96. The van der Waals surface area contributed by atoms with Crippen LogP contribution in [0.2, 0.25) is 0 Å². The van der Waals surface area contributed by atoms with Crippen LogP contribution in [0.5, 0.6) is 5.75 Å². The molecule has 0 amide bonds. The average molecular weight is 389 g/mol. The number of ether oxygens (including phenoxy) is 2. The van der Waals surface area contributed by atoms with E-state index in [0.717, 1.165) is 82.8 Å². The lowest BCUT2D eigenvalue weighted by Gasteiger charge is -2.27. The summed E-state index contributed by atoms with van der Waals surface area (Å²) in [5.41, 5.74) is 1.29. The van der Waals surface area contributed by atoms with Crippen LogP contribution in [0.3, 0.4) is 0 Å². The van der Waals surface area contributed by atoms with E-state index in [2.05, 4.69) is 41.1 Å². The molecule has 4 atom stereocenters. The van der Waals surface area contributed by atoms with E-state index in [-0.39, 0.29) is 6.10 Å². The first-order chi connectivity index (χ1) is 13.7. The van der Waals surface area contributed by atoms with Gasteiger partial charge in [0.1, 0.15) is 5.75 Å². The summed E-state index contributed by atoms with van der Waals surface area (Å²) in [6.45, 7) is 6.59. The molecule has 156 valence electrons. The van der Waals surface area contributed by atoms with Gasteiger partial charge in [-0.1, -0.05) is 18.2 Å². The van der Waals surface area contributed by atoms with Gasteiger partial charge in [-0.2, -0.15) is 0 Å². The number of para-hydroxylation sites is 1. The Morgan fingerprint density at radius 2 is 1.82 bits per heavy atom. The third-order valence-electron chi connectivity index (χ3n) is 6.96. The standard InChI is InChI=1S/C23H36N2O3/c1-24(21-13-19-15-22(26)16-20(19)14-21)17-18-5-2-3-6-23(18)28-10-4-7-25-8-11-27-12-9-25/h2-3,5-6,19-22,26H,4,7-17H2,1H3/t19-,20+,21?,22?. The van der Waals surface area contributed by atoms with Gasteiger partial charge in [-0.25, -0.2) is 0 Å². The molecule has 1 aromatic carbocycles. The molecule has 5 nitrogen and oxygen atoms in total. The van der Waals surface area contributed by atoms with Gasteiger partial charge in [0.2, 0.25) is 0 Å². The van der Waals surface area contributed by atoms with Gasteiger partial charge in [-0.15, -0.1) is 0 Å². The van der Waals surface area contributed by atoms with E-state index in [9.17, 15) is 5.11 Å². The minimum absolute atomic E-state index is 0.0483. The average Bonchev–Trinajstić information content (AvgIpc) is 3.25. The lowest BCUT2D eigenvalue weighted by atomic mass is 10.0. The van der Waals surface area contributed by atoms with E-state index < -0.39 is 0 Å². The number of hydrogen-bond acceptors (Lipinski definition) is 5. The van der Waals surface area contributed by atoms with E-state index in [4.69, 9.17) is 9.47 Å². The Morgan fingerprint density at radius 3 is 2.57 bits per heavy atom. The predicted molar refractivity (Wildman–Crippen MR) is 111 cm³/mol. The van der Waals surface area contributed by atoms with Crippen LogP contribution in [0, 0.1) is 11.8 Å². The van der Waals surface area contributed by atoms with E-state index in [0.29, 0.717) is 6.04 Å². The van der Waals surface area contributed by atoms with Gasteiger partial charge in [-0.3, -0.25) is 9.80 Å². The topological polar surface area (TPSA) is 45.2 Å². The monoisotopic (exact) mass is 388 g/mol. The fourth-order valence-corrected chi connectivity index (χ4v) is 5.38. The van der Waals surface area contributed by atoms with Gasteiger partial charge in [0.05, 0.1) is 25.9 Å². The van der Waals surface area contributed by atoms with Crippen LogP contribution in [0.25, 0.3) is 0 Å². The molecule has 1 N–H and O–H groups in total. The number of aliphatic hydroxyl groups is 1. The highest BCUT2D eigenvalue weighted by atomic mass is 16.5. The molecule has 3 fully saturated rings. The Balaban J connectivity index is 1.24. The molecule has 2 aliphatic carbocycles. The highest BCUT2D eigenvalue weighted by Crippen LogP contribution is 2.45. The van der Waals surface area contributed by atoms with Crippen LogP contribution in [0.15, 0.2) is 24.3 Å². The molecule has 1 heterocycles. The molecule has 1 aliphatic heterocycles. The first kappa shape index (κ1) is 20.1. The predicted octanol–water partition coefficient (Wildman–Crippen LogP) is 2.77. The number of rotatable bonds is 8.